The third-order valence-corrected chi connectivity index (χ3v) is 3.90. The van der Waals surface area contributed by atoms with Crippen LogP contribution in [-0.4, -0.2) is 36.0 Å². The molecule has 0 aliphatic rings. The first-order chi connectivity index (χ1) is 12.7. The quantitative estimate of drug-likeness (QED) is 0.778. The number of esters is 2. The molecule has 0 radical (unpaired) electrons. The Morgan fingerprint density at radius 3 is 2.26 bits per heavy atom. The summed E-state index contributed by atoms with van der Waals surface area (Å²) in [7, 11) is 1.21. The highest BCUT2D eigenvalue weighted by Gasteiger charge is 2.26. The van der Waals surface area contributed by atoms with Gasteiger partial charge in [0.15, 0.2) is 6.10 Å². The number of benzene rings is 1. The lowest BCUT2D eigenvalue weighted by atomic mass is 10.1. The smallest absolute Gasteiger partial charge is 0.355 e. The molecular formula is C18H18F2N2O5. The van der Waals surface area contributed by atoms with Gasteiger partial charge in [-0.25, -0.2) is 18.4 Å². The topological polar surface area (TPSA) is 97.5 Å². The first kappa shape index (κ1) is 20.1. The summed E-state index contributed by atoms with van der Waals surface area (Å²) in [5, 5.41) is 2.04. The molecule has 0 bridgehead atoms. The second kappa shape index (κ2) is 7.98. The molecule has 1 amide bonds. The van der Waals surface area contributed by atoms with Crippen molar-refractivity contribution < 1.29 is 32.6 Å². The van der Waals surface area contributed by atoms with E-state index in [4.69, 9.17) is 4.74 Å². The van der Waals surface area contributed by atoms with Gasteiger partial charge in [0.05, 0.1) is 12.7 Å². The number of aromatic nitrogens is 1. The molecule has 1 aromatic carbocycles. The lowest BCUT2D eigenvalue weighted by Crippen LogP contribution is -2.31. The summed E-state index contributed by atoms with van der Waals surface area (Å²) >= 11 is 0. The predicted octanol–water partition coefficient (Wildman–Crippen LogP) is 2.88. The zero-order chi connectivity index (χ0) is 20.3. The second-order valence-electron chi connectivity index (χ2n) is 5.75. The minimum atomic E-state index is -1.35. The number of aryl methyl sites for hydroxylation is 1. The van der Waals surface area contributed by atoms with Gasteiger partial charge in [-0.3, -0.25) is 4.79 Å². The van der Waals surface area contributed by atoms with Crippen LogP contribution in [0.15, 0.2) is 18.2 Å². The molecule has 0 aliphatic heterocycles. The van der Waals surface area contributed by atoms with Crippen molar-refractivity contribution in [1.29, 1.82) is 0 Å². The minimum Gasteiger partial charge on any atom is -0.465 e. The largest absolute Gasteiger partial charge is 0.465 e. The molecular weight excluding hydrogens is 362 g/mol. The first-order valence-corrected chi connectivity index (χ1v) is 7.90. The van der Waals surface area contributed by atoms with E-state index in [1.54, 1.807) is 6.92 Å². The average molecular weight is 380 g/mol. The van der Waals surface area contributed by atoms with Crippen LogP contribution < -0.4 is 5.32 Å². The number of ether oxygens (including phenoxy) is 2. The number of methoxy groups -OCH3 is 1. The highest BCUT2D eigenvalue weighted by atomic mass is 19.1. The molecule has 2 N–H and O–H groups in total. The van der Waals surface area contributed by atoms with E-state index in [1.165, 1.54) is 21.0 Å². The van der Waals surface area contributed by atoms with E-state index in [9.17, 15) is 23.2 Å². The summed E-state index contributed by atoms with van der Waals surface area (Å²) < 4.78 is 36.9. The van der Waals surface area contributed by atoms with E-state index >= 15 is 0 Å². The number of hydrogen-bond acceptors (Lipinski definition) is 5. The van der Waals surface area contributed by atoms with Gasteiger partial charge in [-0.15, -0.1) is 0 Å². The third-order valence-electron chi connectivity index (χ3n) is 3.90. The van der Waals surface area contributed by atoms with Crippen molar-refractivity contribution >= 4 is 23.5 Å². The molecule has 1 aromatic heterocycles. The number of H-pyrrole nitrogens is 1. The fourth-order valence-electron chi connectivity index (χ4n) is 2.48. The molecule has 2 rings (SSSR count). The Bertz CT molecular complexity index is 887. The van der Waals surface area contributed by atoms with Gasteiger partial charge in [-0.05, 0) is 38.5 Å². The molecule has 0 spiro atoms. The van der Waals surface area contributed by atoms with Gasteiger partial charge in [0.1, 0.15) is 23.0 Å². The maximum Gasteiger partial charge on any atom is 0.355 e. The van der Waals surface area contributed by atoms with Crippen LogP contribution in [-0.2, 0) is 14.3 Å². The Hall–Kier alpha value is -3.23. The van der Waals surface area contributed by atoms with Gasteiger partial charge in [0, 0.05) is 5.69 Å². The van der Waals surface area contributed by atoms with E-state index in [2.05, 4.69) is 9.72 Å². The van der Waals surface area contributed by atoms with Crippen molar-refractivity contribution in [3.05, 3.63) is 52.3 Å². The van der Waals surface area contributed by atoms with E-state index in [0.717, 1.165) is 18.2 Å². The number of halogens is 2. The highest BCUT2D eigenvalue weighted by Crippen LogP contribution is 2.21. The van der Waals surface area contributed by atoms with Crippen molar-refractivity contribution in [1.82, 2.24) is 4.98 Å². The van der Waals surface area contributed by atoms with Crippen LogP contribution in [0.3, 0.4) is 0 Å². The SMILES string of the molecule is COC(=O)c1c(C)[nH]c(C(=O)OC(C)C(=O)Nc2c(F)cccc2F)c1C. The number of hydrogen-bond donors (Lipinski definition) is 2. The average Bonchev–Trinajstić information content (AvgIpc) is 2.91. The molecule has 0 aliphatic carbocycles. The Labute approximate surface area is 153 Å². The summed E-state index contributed by atoms with van der Waals surface area (Å²) in [5.74, 6) is -4.36. The Balaban J connectivity index is 2.14. The van der Waals surface area contributed by atoms with E-state index in [0.29, 0.717) is 11.3 Å². The lowest BCUT2D eigenvalue weighted by molar-refractivity contribution is -0.123. The molecule has 1 unspecified atom stereocenters. The molecule has 9 heteroatoms. The van der Waals surface area contributed by atoms with Crippen LogP contribution in [0.2, 0.25) is 0 Å². The lowest BCUT2D eigenvalue weighted by Gasteiger charge is -2.14. The number of para-hydroxylation sites is 1. The van der Waals surface area contributed by atoms with Crippen LogP contribution in [0.25, 0.3) is 0 Å². The first-order valence-electron chi connectivity index (χ1n) is 7.90. The number of amides is 1. The molecule has 7 nitrogen and oxygen atoms in total. The van der Waals surface area contributed by atoms with Crippen molar-refractivity contribution in [3.8, 4) is 0 Å². The van der Waals surface area contributed by atoms with Gasteiger partial charge < -0.3 is 19.8 Å². The standard InChI is InChI=1S/C18H18F2N2O5/c1-8-13(17(24)26-4)9(2)21-14(8)18(25)27-10(3)16(23)22-15-11(19)6-5-7-12(15)20/h5-7,10,21H,1-4H3,(H,22,23). The van der Waals surface area contributed by atoms with Crippen LogP contribution in [0.5, 0.6) is 0 Å². The van der Waals surface area contributed by atoms with Crippen LogP contribution in [0, 0.1) is 25.5 Å². The number of anilines is 1. The molecule has 1 atom stereocenters. The maximum atomic E-state index is 13.6. The molecule has 27 heavy (non-hydrogen) atoms. The van der Waals surface area contributed by atoms with Gasteiger partial charge in [-0.1, -0.05) is 6.07 Å². The van der Waals surface area contributed by atoms with Crippen LogP contribution >= 0.6 is 0 Å². The fraction of sp³-hybridized carbons (Fsp3) is 0.278. The third kappa shape index (κ3) is 4.13. The highest BCUT2D eigenvalue weighted by molar-refractivity contribution is 6.00. The summed E-state index contributed by atoms with van der Waals surface area (Å²) in [4.78, 5) is 38.9. The molecule has 2 aromatic rings. The normalized spacial score (nSPS) is 11.6. The summed E-state index contributed by atoms with van der Waals surface area (Å²) in [6.07, 6.45) is -1.35. The Kier molecular flexibility index (Phi) is 5.94. The fourth-order valence-corrected chi connectivity index (χ4v) is 2.48. The van der Waals surface area contributed by atoms with Gasteiger partial charge in [-0.2, -0.15) is 0 Å². The van der Waals surface area contributed by atoms with Gasteiger partial charge in [0.2, 0.25) is 0 Å². The van der Waals surface area contributed by atoms with Crippen LogP contribution in [0.4, 0.5) is 14.5 Å². The molecule has 144 valence electrons. The zero-order valence-corrected chi connectivity index (χ0v) is 15.1. The van der Waals surface area contributed by atoms with E-state index in [1.807, 2.05) is 5.32 Å². The molecule has 0 saturated heterocycles. The van der Waals surface area contributed by atoms with Crippen LogP contribution in [0.1, 0.15) is 39.0 Å². The summed E-state index contributed by atoms with van der Waals surface area (Å²) in [6.45, 7) is 4.34. The van der Waals surface area contributed by atoms with E-state index < -0.39 is 41.3 Å². The number of rotatable bonds is 5. The van der Waals surface area contributed by atoms with Crippen molar-refractivity contribution in [2.24, 2.45) is 0 Å². The number of aromatic amines is 1. The zero-order valence-electron chi connectivity index (χ0n) is 15.1. The number of carbonyl (C=O) groups excluding carboxylic acids is 3. The summed E-state index contributed by atoms with van der Waals surface area (Å²) in [5.41, 5.74) is 0.235. The minimum absolute atomic E-state index is 0.0235. The predicted molar refractivity (Wildman–Crippen MR) is 91.5 cm³/mol. The maximum absolute atomic E-state index is 13.6. The molecule has 0 saturated carbocycles. The second-order valence-corrected chi connectivity index (χ2v) is 5.75. The van der Waals surface area contributed by atoms with Crippen molar-refractivity contribution in [3.63, 3.8) is 0 Å². The molecule has 0 fully saturated rings. The summed E-state index contributed by atoms with van der Waals surface area (Å²) in [6, 6.07) is 3.11. The monoisotopic (exact) mass is 380 g/mol. The van der Waals surface area contributed by atoms with Crippen molar-refractivity contribution in [2.45, 2.75) is 26.9 Å². The Morgan fingerprint density at radius 2 is 1.70 bits per heavy atom. The van der Waals surface area contributed by atoms with Crippen molar-refractivity contribution in [2.75, 3.05) is 12.4 Å². The Morgan fingerprint density at radius 1 is 1.11 bits per heavy atom. The van der Waals surface area contributed by atoms with Gasteiger partial charge in [0.25, 0.3) is 5.91 Å². The molecule has 1 heterocycles. The van der Waals surface area contributed by atoms with Gasteiger partial charge >= 0.3 is 11.9 Å². The van der Waals surface area contributed by atoms with E-state index in [-0.39, 0.29) is 11.3 Å². The number of nitrogens with one attached hydrogen (secondary N) is 2. The number of carbonyl (C=O) groups is 3.